The van der Waals surface area contributed by atoms with Crippen LogP contribution in [0.3, 0.4) is 0 Å². The van der Waals surface area contributed by atoms with Gasteiger partial charge in [-0.3, -0.25) is 14.5 Å². The topological polar surface area (TPSA) is 52.7 Å². The lowest BCUT2D eigenvalue weighted by Crippen LogP contribution is -2.42. The standard InChI is InChI=1S/C18H21N3O2S/c1-20(12-17(22)19-9-16-7-4-8-24-16)18(23)13-21-10-14-5-2-3-6-15(14)11-21/h2-8H,9-13H2,1H3,(H,19,22). The van der Waals surface area contributed by atoms with Gasteiger partial charge in [0.1, 0.15) is 0 Å². The molecular formula is C18H21N3O2S. The van der Waals surface area contributed by atoms with Crippen LogP contribution >= 0.6 is 11.3 Å². The van der Waals surface area contributed by atoms with Crippen molar-refractivity contribution < 1.29 is 9.59 Å². The molecule has 0 fully saturated rings. The number of amides is 2. The van der Waals surface area contributed by atoms with Gasteiger partial charge < -0.3 is 10.2 Å². The van der Waals surface area contributed by atoms with E-state index in [1.807, 2.05) is 29.6 Å². The maximum absolute atomic E-state index is 12.3. The molecule has 0 saturated carbocycles. The number of carbonyl (C=O) groups excluding carboxylic acids is 2. The highest BCUT2D eigenvalue weighted by Gasteiger charge is 2.22. The minimum atomic E-state index is -0.135. The molecule has 2 heterocycles. The maximum atomic E-state index is 12.3. The van der Waals surface area contributed by atoms with Crippen molar-refractivity contribution >= 4 is 23.2 Å². The molecule has 6 heteroatoms. The Labute approximate surface area is 145 Å². The molecule has 0 spiro atoms. The fraction of sp³-hybridized carbons (Fsp3) is 0.333. The van der Waals surface area contributed by atoms with E-state index < -0.39 is 0 Å². The van der Waals surface area contributed by atoms with Crippen LogP contribution in [0, 0.1) is 0 Å². The van der Waals surface area contributed by atoms with Gasteiger partial charge in [-0.2, -0.15) is 0 Å². The molecule has 2 aromatic rings. The smallest absolute Gasteiger partial charge is 0.239 e. The largest absolute Gasteiger partial charge is 0.350 e. The molecule has 1 aromatic heterocycles. The first-order valence-corrected chi connectivity index (χ1v) is 8.82. The van der Waals surface area contributed by atoms with E-state index in [-0.39, 0.29) is 18.4 Å². The Kier molecular flexibility index (Phi) is 5.27. The molecule has 1 N–H and O–H groups in total. The normalized spacial score (nSPS) is 13.5. The summed E-state index contributed by atoms with van der Waals surface area (Å²) in [6.07, 6.45) is 0. The quantitative estimate of drug-likeness (QED) is 0.871. The fourth-order valence-electron chi connectivity index (χ4n) is 2.79. The van der Waals surface area contributed by atoms with Gasteiger partial charge in [0.15, 0.2) is 0 Å². The Hall–Kier alpha value is -2.18. The second-order valence-electron chi connectivity index (χ2n) is 6.02. The monoisotopic (exact) mass is 343 g/mol. The number of benzene rings is 1. The average Bonchev–Trinajstić information content (AvgIpc) is 3.21. The first-order chi connectivity index (χ1) is 11.6. The van der Waals surface area contributed by atoms with E-state index >= 15 is 0 Å². The molecule has 0 bridgehead atoms. The number of carbonyl (C=O) groups is 2. The predicted molar refractivity (Wildman–Crippen MR) is 94.4 cm³/mol. The minimum Gasteiger partial charge on any atom is -0.350 e. The van der Waals surface area contributed by atoms with Crippen molar-refractivity contribution in [1.82, 2.24) is 15.1 Å². The van der Waals surface area contributed by atoms with Crippen molar-refractivity contribution in [3.63, 3.8) is 0 Å². The lowest BCUT2D eigenvalue weighted by Gasteiger charge is -2.21. The summed E-state index contributed by atoms with van der Waals surface area (Å²) >= 11 is 1.60. The third-order valence-corrected chi connectivity index (χ3v) is 4.99. The zero-order chi connectivity index (χ0) is 16.9. The number of rotatable bonds is 6. The van der Waals surface area contributed by atoms with Crippen LogP contribution in [0.25, 0.3) is 0 Å². The van der Waals surface area contributed by atoms with Gasteiger partial charge >= 0.3 is 0 Å². The maximum Gasteiger partial charge on any atom is 0.239 e. The lowest BCUT2D eigenvalue weighted by molar-refractivity contribution is -0.135. The molecule has 1 aromatic carbocycles. The van der Waals surface area contributed by atoms with Gasteiger partial charge in [-0.25, -0.2) is 0 Å². The van der Waals surface area contributed by atoms with Crippen LogP contribution < -0.4 is 5.32 Å². The van der Waals surface area contributed by atoms with E-state index in [0.717, 1.165) is 18.0 Å². The number of thiophene rings is 1. The molecule has 2 amide bonds. The summed E-state index contributed by atoms with van der Waals surface area (Å²) in [5.74, 6) is -0.168. The van der Waals surface area contributed by atoms with Gasteiger partial charge in [0.25, 0.3) is 0 Å². The second kappa shape index (κ2) is 7.59. The zero-order valence-corrected chi connectivity index (χ0v) is 14.5. The molecule has 0 atom stereocenters. The molecular weight excluding hydrogens is 322 g/mol. The highest BCUT2D eigenvalue weighted by atomic mass is 32.1. The van der Waals surface area contributed by atoms with Gasteiger partial charge in [0, 0.05) is 25.0 Å². The summed E-state index contributed by atoms with van der Waals surface area (Å²) in [5, 5.41) is 4.82. The third kappa shape index (κ3) is 4.21. The number of fused-ring (bicyclic) bond motifs is 1. The highest BCUT2D eigenvalue weighted by Crippen LogP contribution is 2.21. The van der Waals surface area contributed by atoms with Crippen molar-refractivity contribution in [2.45, 2.75) is 19.6 Å². The minimum absolute atomic E-state index is 0.0333. The first kappa shape index (κ1) is 16.7. The van der Waals surface area contributed by atoms with Crippen LogP contribution in [0.1, 0.15) is 16.0 Å². The fourth-order valence-corrected chi connectivity index (χ4v) is 3.43. The van der Waals surface area contributed by atoms with E-state index in [1.54, 1.807) is 18.4 Å². The molecule has 0 aliphatic carbocycles. The Bertz CT molecular complexity index is 690. The molecule has 24 heavy (non-hydrogen) atoms. The summed E-state index contributed by atoms with van der Waals surface area (Å²) in [4.78, 5) is 29.0. The predicted octanol–water partition coefficient (Wildman–Crippen LogP) is 1.84. The van der Waals surface area contributed by atoms with Crippen molar-refractivity contribution in [2.24, 2.45) is 0 Å². The van der Waals surface area contributed by atoms with Crippen LogP contribution in [0.5, 0.6) is 0 Å². The molecule has 0 unspecified atom stereocenters. The van der Waals surface area contributed by atoms with Gasteiger partial charge in [-0.15, -0.1) is 11.3 Å². The average molecular weight is 343 g/mol. The van der Waals surface area contributed by atoms with E-state index in [0.29, 0.717) is 13.1 Å². The van der Waals surface area contributed by atoms with Crippen LogP contribution in [0.15, 0.2) is 41.8 Å². The van der Waals surface area contributed by atoms with Gasteiger partial charge in [-0.1, -0.05) is 30.3 Å². The molecule has 1 aliphatic heterocycles. The van der Waals surface area contributed by atoms with Crippen molar-refractivity contribution in [2.75, 3.05) is 20.1 Å². The SMILES string of the molecule is CN(CC(=O)NCc1cccs1)C(=O)CN1Cc2ccccc2C1. The lowest BCUT2D eigenvalue weighted by atomic mass is 10.1. The van der Waals surface area contributed by atoms with Gasteiger partial charge in [0.05, 0.1) is 19.6 Å². The number of hydrogen-bond acceptors (Lipinski definition) is 4. The molecule has 3 rings (SSSR count). The number of likely N-dealkylation sites (N-methyl/N-ethyl adjacent to an activating group) is 1. The second-order valence-corrected chi connectivity index (χ2v) is 7.05. The Balaban J connectivity index is 1.43. The molecule has 126 valence electrons. The Morgan fingerprint density at radius 1 is 1.17 bits per heavy atom. The number of nitrogens with one attached hydrogen (secondary N) is 1. The van der Waals surface area contributed by atoms with Crippen LogP contribution in [0.4, 0.5) is 0 Å². The molecule has 0 radical (unpaired) electrons. The first-order valence-electron chi connectivity index (χ1n) is 7.94. The van der Waals surface area contributed by atoms with E-state index in [2.05, 4.69) is 22.3 Å². The third-order valence-electron chi connectivity index (χ3n) is 4.11. The summed E-state index contributed by atoms with van der Waals surface area (Å²) in [6, 6.07) is 12.2. The molecule has 5 nitrogen and oxygen atoms in total. The summed E-state index contributed by atoms with van der Waals surface area (Å²) in [6.45, 7) is 2.52. The van der Waals surface area contributed by atoms with Gasteiger partial charge in [0.2, 0.25) is 11.8 Å². The summed E-state index contributed by atoms with van der Waals surface area (Å²) in [5.41, 5.74) is 2.56. The number of hydrogen-bond donors (Lipinski definition) is 1. The zero-order valence-electron chi connectivity index (χ0n) is 13.7. The van der Waals surface area contributed by atoms with E-state index in [4.69, 9.17) is 0 Å². The van der Waals surface area contributed by atoms with Crippen molar-refractivity contribution in [1.29, 1.82) is 0 Å². The summed E-state index contributed by atoms with van der Waals surface area (Å²) < 4.78 is 0. The van der Waals surface area contributed by atoms with E-state index in [9.17, 15) is 9.59 Å². The molecule has 1 aliphatic rings. The molecule has 0 saturated heterocycles. The number of nitrogens with zero attached hydrogens (tertiary/aromatic N) is 2. The van der Waals surface area contributed by atoms with Crippen LogP contribution in [-0.4, -0.2) is 41.8 Å². The van der Waals surface area contributed by atoms with Crippen LogP contribution in [-0.2, 0) is 29.2 Å². The van der Waals surface area contributed by atoms with Crippen LogP contribution in [0.2, 0.25) is 0 Å². The van der Waals surface area contributed by atoms with Gasteiger partial charge in [-0.05, 0) is 22.6 Å². The van der Waals surface area contributed by atoms with Crippen molar-refractivity contribution in [3.05, 3.63) is 57.8 Å². The van der Waals surface area contributed by atoms with Crippen molar-refractivity contribution in [3.8, 4) is 0 Å². The summed E-state index contributed by atoms with van der Waals surface area (Å²) in [7, 11) is 1.68. The Morgan fingerprint density at radius 3 is 2.50 bits per heavy atom. The van der Waals surface area contributed by atoms with E-state index in [1.165, 1.54) is 16.0 Å². The highest BCUT2D eigenvalue weighted by molar-refractivity contribution is 7.09. The Morgan fingerprint density at radius 2 is 1.88 bits per heavy atom.